The van der Waals surface area contributed by atoms with Gasteiger partial charge in [-0.05, 0) is 19.9 Å². The summed E-state index contributed by atoms with van der Waals surface area (Å²) in [6.45, 7) is 0. The molecule has 0 aliphatic heterocycles. The lowest BCUT2D eigenvalue weighted by atomic mass is 9.79. The standard InChI is InChI=1S/C10H17N3O/c1-12-10(5-3-2-4-6-10)7-9(14)13-8-11/h12H,2-7H2,1H3,(H,13,14). The van der Waals surface area contributed by atoms with Gasteiger partial charge in [-0.15, -0.1) is 0 Å². The van der Waals surface area contributed by atoms with Crippen molar-refractivity contribution in [3.63, 3.8) is 0 Å². The van der Waals surface area contributed by atoms with Gasteiger partial charge in [-0.3, -0.25) is 10.1 Å². The number of hydrogen-bond acceptors (Lipinski definition) is 3. The number of nitrogens with one attached hydrogen (secondary N) is 2. The maximum absolute atomic E-state index is 11.3. The van der Waals surface area contributed by atoms with E-state index in [2.05, 4.69) is 10.6 Å². The Bertz CT molecular complexity index is 238. The van der Waals surface area contributed by atoms with Crippen molar-refractivity contribution in [2.75, 3.05) is 7.05 Å². The molecule has 1 amide bonds. The Labute approximate surface area is 84.7 Å². The average molecular weight is 195 g/mol. The molecule has 4 heteroatoms. The van der Waals surface area contributed by atoms with Crippen LogP contribution in [0.3, 0.4) is 0 Å². The van der Waals surface area contributed by atoms with Crippen molar-refractivity contribution in [2.24, 2.45) is 0 Å². The third-order valence-electron chi connectivity index (χ3n) is 3.04. The van der Waals surface area contributed by atoms with E-state index in [0.29, 0.717) is 6.42 Å². The van der Waals surface area contributed by atoms with Crippen LogP contribution >= 0.6 is 0 Å². The number of hydrogen-bond donors (Lipinski definition) is 2. The molecule has 1 aliphatic carbocycles. The molecular formula is C10H17N3O. The largest absolute Gasteiger partial charge is 0.314 e. The molecule has 0 aromatic heterocycles. The molecule has 4 nitrogen and oxygen atoms in total. The summed E-state index contributed by atoms with van der Waals surface area (Å²) in [6, 6.07) is 0. The molecule has 0 saturated heterocycles. The topological polar surface area (TPSA) is 64.9 Å². The van der Waals surface area contributed by atoms with Gasteiger partial charge in [-0.2, -0.15) is 5.26 Å². The van der Waals surface area contributed by atoms with Crippen LogP contribution in [0.4, 0.5) is 0 Å². The third-order valence-corrected chi connectivity index (χ3v) is 3.04. The third kappa shape index (κ3) is 2.71. The van der Waals surface area contributed by atoms with Crippen LogP contribution in [-0.4, -0.2) is 18.5 Å². The molecule has 2 N–H and O–H groups in total. The van der Waals surface area contributed by atoms with Gasteiger partial charge in [0.1, 0.15) is 0 Å². The molecule has 0 aromatic carbocycles. The molecule has 0 radical (unpaired) electrons. The van der Waals surface area contributed by atoms with Crippen LogP contribution in [0, 0.1) is 11.5 Å². The van der Waals surface area contributed by atoms with Crippen molar-refractivity contribution >= 4 is 5.91 Å². The molecule has 0 spiro atoms. The number of carbonyl (C=O) groups excluding carboxylic acids is 1. The van der Waals surface area contributed by atoms with E-state index in [1.807, 2.05) is 7.05 Å². The number of nitrogens with zero attached hydrogens (tertiary/aromatic N) is 1. The van der Waals surface area contributed by atoms with Crippen molar-refractivity contribution in [3.05, 3.63) is 0 Å². The van der Waals surface area contributed by atoms with E-state index in [1.54, 1.807) is 6.19 Å². The van der Waals surface area contributed by atoms with Gasteiger partial charge < -0.3 is 5.32 Å². The first-order valence-corrected chi connectivity index (χ1v) is 5.09. The van der Waals surface area contributed by atoms with Gasteiger partial charge in [-0.25, -0.2) is 0 Å². The van der Waals surface area contributed by atoms with Gasteiger partial charge in [0, 0.05) is 12.0 Å². The monoisotopic (exact) mass is 195 g/mol. The predicted octanol–water partition coefficient (Wildman–Crippen LogP) is 0.896. The predicted molar refractivity (Wildman–Crippen MR) is 53.2 cm³/mol. The molecule has 0 atom stereocenters. The Morgan fingerprint density at radius 1 is 1.43 bits per heavy atom. The second-order valence-corrected chi connectivity index (χ2v) is 3.93. The summed E-state index contributed by atoms with van der Waals surface area (Å²) in [6.07, 6.45) is 7.73. The van der Waals surface area contributed by atoms with E-state index >= 15 is 0 Å². The van der Waals surface area contributed by atoms with Crippen LogP contribution in [0.1, 0.15) is 38.5 Å². The first-order chi connectivity index (χ1) is 6.72. The number of rotatable bonds is 3. The quantitative estimate of drug-likeness (QED) is 0.519. The highest BCUT2D eigenvalue weighted by molar-refractivity contribution is 5.78. The summed E-state index contributed by atoms with van der Waals surface area (Å²) in [5, 5.41) is 13.7. The Balaban J connectivity index is 2.52. The maximum Gasteiger partial charge on any atom is 0.234 e. The van der Waals surface area contributed by atoms with Gasteiger partial charge in [-0.1, -0.05) is 19.3 Å². The van der Waals surface area contributed by atoms with Crippen LogP contribution in [-0.2, 0) is 4.79 Å². The van der Waals surface area contributed by atoms with Gasteiger partial charge in [0.15, 0.2) is 6.19 Å². The van der Waals surface area contributed by atoms with Crippen LogP contribution in [0.5, 0.6) is 0 Å². The second-order valence-electron chi connectivity index (χ2n) is 3.93. The van der Waals surface area contributed by atoms with Gasteiger partial charge in [0.25, 0.3) is 0 Å². The SMILES string of the molecule is CNC1(CC(=O)NC#N)CCCCC1. The highest BCUT2D eigenvalue weighted by Crippen LogP contribution is 2.30. The highest BCUT2D eigenvalue weighted by Gasteiger charge is 2.32. The number of carbonyl (C=O) groups is 1. The molecule has 78 valence electrons. The zero-order valence-electron chi connectivity index (χ0n) is 8.60. The van der Waals surface area contributed by atoms with E-state index < -0.39 is 0 Å². The van der Waals surface area contributed by atoms with Crippen molar-refractivity contribution < 1.29 is 4.79 Å². The lowest BCUT2D eigenvalue weighted by molar-refractivity contribution is -0.121. The Morgan fingerprint density at radius 2 is 2.07 bits per heavy atom. The zero-order chi connectivity index (χ0) is 10.4. The molecule has 14 heavy (non-hydrogen) atoms. The fraction of sp³-hybridized carbons (Fsp3) is 0.800. The van der Waals surface area contributed by atoms with Crippen LogP contribution in [0.25, 0.3) is 0 Å². The molecule has 0 bridgehead atoms. The summed E-state index contributed by atoms with van der Waals surface area (Å²) in [7, 11) is 1.89. The normalized spacial score (nSPS) is 19.7. The van der Waals surface area contributed by atoms with E-state index in [4.69, 9.17) is 5.26 Å². The summed E-state index contributed by atoms with van der Waals surface area (Å²) in [5.74, 6) is -0.177. The summed E-state index contributed by atoms with van der Waals surface area (Å²) in [5.41, 5.74) is -0.0703. The van der Waals surface area contributed by atoms with Crippen molar-refractivity contribution in [2.45, 2.75) is 44.1 Å². The van der Waals surface area contributed by atoms with Gasteiger partial charge >= 0.3 is 0 Å². The second kappa shape index (κ2) is 4.97. The fourth-order valence-corrected chi connectivity index (χ4v) is 2.16. The van der Waals surface area contributed by atoms with E-state index in [0.717, 1.165) is 12.8 Å². The molecule has 0 unspecified atom stereocenters. The first-order valence-electron chi connectivity index (χ1n) is 5.09. The van der Waals surface area contributed by atoms with Crippen molar-refractivity contribution in [1.82, 2.24) is 10.6 Å². The minimum Gasteiger partial charge on any atom is -0.314 e. The van der Waals surface area contributed by atoms with E-state index in [1.165, 1.54) is 19.3 Å². The fourth-order valence-electron chi connectivity index (χ4n) is 2.16. The molecule has 1 aliphatic rings. The Morgan fingerprint density at radius 3 is 2.57 bits per heavy atom. The highest BCUT2D eigenvalue weighted by atomic mass is 16.1. The molecule has 1 saturated carbocycles. The van der Waals surface area contributed by atoms with Crippen molar-refractivity contribution in [3.8, 4) is 6.19 Å². The lowest BCUT2D eigenvalue weighted by Crippen LogP contribution is -2.47. The minimum absolute atomic E-state index is 0.0703. The molecule has 1 rings (SSSR count). The van der Waals surface area contributed by atoms with E-state index in [9.17, 15) is 4.79 Å². The first kappa shape index (κ1) is 11.0. The average Bonchev–Trinajstić information content (AvgIpc) is 2.19. The lowest BCUT2D eigenvalue weighted by Gasteiger charge is -2.36. The Hall–Kier alpha value is -1.08. The van der Waals surface area contributed by atoms with Crippen molar-refractivity contribution in [1.29, 1.82) is 5.26 Å². The molecular weight excluding hydrogens is 178 g/mol. The molecule has 1 fully saturated rings. The van der Waals surface area contributed by atoms with Crippen LogP contribution in [0.2, 0.25) is 0 Å². The smallest absolute Gasteiger partial charge is 0.234 e. The summed E-state index contributed by atoms with van der Waals surface area (Å²) < 4.78 is 0. The van der Waals surface area contributed by atoms with Gasteiger partial charge in [0.2, 0.25) is 5.91 Å². The maximum atomic E-state index is 11.3. The summed E-state index contributed by atoms with van der Waals surface area (Å²) >= 11 is 0. The zero-order valence-corrected chi connectivity index (χ0v) is 8.60. The minimum atomic E-state index is -0.177. The van der Waals surface area contributed by atoms with Gasteiger partial charge in [0.05, 0.1) is 0 Å². The van der Waals surface area contributed by atoms with E-state index in [-0.39, 0.29) is 11.4 Å². The van der Waals surface area contributed by atoms with Crippen LogP contribution < -0.4 is 10.6 Å². The number of amides is 1. The molecule has 0 heterocycles. The van der Waals surface area contributed by atoms with Crippen LogP contribution in [0.15, 0.2) is 0 Å². The Kier molecular flexibility index (Phi) is 3.90. The summed E-state index contributed by atoms with van der Waals surface area (Å²) in [4.78, 5) is 11.3. The number of nitriles is 1. The molecule has 0 aromatic rings.